The lowest BCUT2D eigenvalue weighted by Crippen LogP contribution is -2.50. The average molecular weight is 397 g/mol. The van der Waals surface area contributed by atoms with E-state index in [0.717, 1.165) is 16.7 Å². The van der Waals surface area contributed by atoms with Crippen LogP contribution < -0.4 is 10.1 Å². The zero-order valence-corrected chi connectivity index (χ0v) is 18.3. The van der Waals surface area contributed by atoms with Crippen molar-refractivity contribution in [1.82, 2.24) is 10.2 Å². The maximum atomic E-state index is 13.0. The fourth-order valence-corrected chi connectivity index (χ4v) is 2.99. The number of ether oxygens (including phenoxy) is 1. The first-order valence-corrected chi connectivity index (χ1v) is 10.0. The summed E-state index contributed by atoms with van der Waals surface area (Å²) in [5.74, 6) is 0.252. The highest BCUT2D eigenvalue weighted by atomic mass is 16.5. The predicted octanol–water partition coefficient (Wildman–Crippen LogP) is 3.93. The van der Waals surface area contributed by atoms with Crippen LogP contribution in [0.15, 0.2) is 42.5 Å². The minimum atomic E-state index is -0.604. The fraction of sp³-hybridized carbons (Fsp3) is 0.417. The van der Waals surface area contributed by atoms with Gasteiger partial charge in [0.15, 0.2) is 6.61 Å². The molecule has 0 saturated carbocycles. The zero-order chi connectivity index (χ0) is 21.6. The van der Waals surface area contributed by atoms with Gasteiger partial charge in [-0.15, -0.1) is 0 Å². The summed E-state index contributed by atoms with van der Waals surface area (Å²) in [6.45, 7) is 11.8. The lowest BCUT2D eigenvalue weighted by atomic mass is 10.1. The van der Waals surface area contributed by atoms with E-state index in [9.17, 15) is 9.59 Å². The van der Waals surface area contributed by atoms with Crippen molar-refractivity contribution in [1.29, 1.82) is 0 Å². The molecule has 29 heavy (non-hydrogen) atoms. The zero-order valence-electron chi connectivity index (χ0n) is 18.3. The maximum absolute atomic E-state index is 13.0. The Hall–Kier alpha value is -2.82. The topological polar surface area (TPSA) is 58.6 Å². The van der Waals surface area contributed by atoms with Crippen molar-refractivity contribution < 1.29 is 14.3 Å². The minimum Gasteiger partial charge on any atom is -0.484 e. The summed E-state index contributed by atoms with van der Waals surface area (Å²) in [7, 11) is 0. The van der Waals surface area contributed by atoms with Crippen molar-refractivity contribution in [3.8, 4) is 5.75 Å². The number of amides is 2. The minimum absolute atomic E-state index is 0.00662. The molecule has 0 aliphatic heterocycles. The van der Waals surface area contributed by atoms with E-state index in [1.54, 1.807) is 11.8 Å². The van der Waals surface area contributed by atoms with Crippen molar-refractivity contribution in [3.63, 3.8) is 0 Å². The second kappa shape index (κ2) is 10.1. The lowest BCUT2D eigenvalue weighted by Gasteiger charge is -2.29. The molecular formula is C24H32N2O3. The molecule has 1 atom stereocenters. The van der Waals surface area contributed by atoms with E-state index in [-0.39, 0.29) is 24.5 Å². The number of carbonyl (C=O) groups is 2. The summed E-state index contributed by atoms with van der Waals surface area (Å²) in [4.78, 5) is 27.2. The number of benzene rings is 2. The number of rotatable bonds is 8. The molecule has 2 aromatic carbocycles. The van der Waals surface area contributed by atoms with Crippen molar-refractivity contribution in [2.75, 3.05) is 6.61 Å². The molecule has 0 aliphatic carbocycles. The summed E-state index contributed by atoms with van der Waals surface area (Å²) >= 11 is 0. The average Bonchev–Trinajstić information content (AvgIpc) is 2.67. The molecule has 5 heteroatoms. The van der Waals surface area contributed by atoms with E-state index < -0.39 is 6.04 Å². The second-order valence-corrected chi connectivity index (χ2v) is 7.82. The molecule has 2 rings (SSSR count). The molecule has 0 aliphatic rings. The van der Waals surface area contributed by atoms with Gasteiger partial charge in [-0.25, -0.2) is 0 Å². The van der Waals surface area contributed by atoms with Crippen LogP contribution in [0.3, 0.4) is 0 Å². The smallest absolute Gasteiger partial charge is 0.261 e. The van der Waals surface area contributed by atoms with Gasteiger partial charge in [-0.05, 0) is 75.9 Å². The Morgan fingerprint density at radius 3 is 2.28 bits per heavy atom. The molecule has 0 radical (unpaired) electrons. The number of hydrogen-bond acceptors (Lipinski definition) is 3. The quantitative estimate of drug-likeness (QED) is 0.735. The Balaban J connectivity index is 2.18. The standard InChI is InChI=1S/C24H32N2O3/c1-16(2)25-24(28)20(6)26(14-21-10-8-7-9-18(21)4)23(27)15-29-22-12-11-17(3)19(5)13-22/h7-13,16,20H,14-15H2,1-6H3,(H,25,28)/t20-/m0/s1. The SMILES string of the molecule is Cc1ccc(OCC(=O)N(Cc2ccccc2C)[C@@H](C)C(=O)NC(C)C)cc1C. The van der Waals surface area contributed by atoms with Gasteiger partial charge in [0, 0.05) is 12.6 Å². The van der Waals surface area contributed by atoms with Crippen LogP contribution in [-0.4, -0.2) is 35.4 Å². The van der Waals surface area contributed by atoms with Gasteiger partial charge in [0.2, 0.25) is 5.91 Å². The third-order valence-corrected chi connectivity index (χ3v) is 5.04. The normalized spacial score (nSPS) is 11.8. The largest absolute Gasteiger partial charge is 0.484 e. The molecule has 5 nitrogen and oxygen atoms in total. The van der Waals surface area contributed by atoms with Crippen LogP contribution >= 0.6 is 0 Å². The summed E-state index contributed by atoms with van der Waals surface area (Å²) in [6, 6.07) is 13.0. The molecule has 2 amide bonds. The van der Waals surface area contributed by atoms with E-state index in [0.29, 0.717) is 12.3 Å². The number of nitrogens with zero attached hydrogens (tertiary/aromatic N) is 1. The van der Waals surface area contributed by atoms with Gasteiger partial charge in [-0.1, -0.05) is 30.3 Å². The van der Waals surface area contributed by atoms with Crippen LogP contribution in [0, 0.1) is 20.8 Å². The van der Waals surface area contributed by atoms with E-state index in [1.165, 1.54) is 5.56 Å². The Morgan fingerprint density at radius 2 is 1.66 bits per heavy atom. The van der Waals surface area contributed by atoms with Crippen LogP contribution in [0.1, 0.15) is 43.0 Å². The van der Waals surface area contributed by atoms with Crippen LogP contribution in [-0.2, 0) is 16.1 Å². The molecular weight excluding hydrogens is 364 g/mol. The number of hydrogen-bond donors (Lipinski definition) is 1. The Morgan fingerprint density at radius 1 is 0.966 bits per heavy atom. The Labute approximate surface area is 174 Å². The molecule has 0 spiro atoms. The van der Waals surface area contributed by atoms with Gasteiger partial charge in [-0.2, -0.15) is 0 Å². The van der Waals surface area contributed by atoms with Crippen LogP contribution in [0.25, 0.3) is 0 Å². The van der Waals surface area contributed by atoms with E-state index in [1.807, 2.05) is 77.1 Å². The first-order chi connectivity index (χ1) is 13.7. The van der Waals surface area contributed by atoms with Gasteiger partial charge >= 0.3 is 0 Å². The maximum Gasteiger partial charge on any atom is 0.261 e. The van der Waals surface area contributed by atoms with E-state index in [2.05, 4.69) is 5.32 Å². The summed E-state index contributed by atoms with van der Waals surface area (Å²) in [5, 5.41) is 2.89. The van der Waals surface area contributed by atoms with Crippen molar-refractivity contribution in [2.45, 2.75) is 60.2 Å². The highest BCUT2D eigenvalue weighted by molar-refractivity contribution is 5.88. The Kier molecular flexibility index (Phi) is 7.82. The molecule has 0 bridgehead atoms. The molecule has 2 aromatic rings. The van der Waals surface area contributed by atoms with Crippen molar-refractivity contribution in [3.05, 3.63) is 64.7 Å². The number of nitrogens with one attached hydrogen (secondary N) is 1. The monoisotopic (exact) mass is 396 g/mol. The van der Waals surface area contributed by atoms with Gasteiger partial charge < -0.3 is 15.0 Å². The molecule has 0 unspecified atom stereocenters. The Bertz CT molecular complexity index is 861. The molecule has 0 heterocycles. The molecule has 0 fully saturated rings. The highest BCUT2D eigenvalue weighted by Crippen LogP contribution is 2.18. The van der Waals surface area contributed by atoms with E-state index in [4.69, 9.17) is 4.74 Å². The van der Waals surface area contributed by atoms with Crippen molar-refractivity contribution in [2.24, 2.45) is 0 Å². The summed E-state index contributed by atoms with van der Waals surface area (Å²) in [5.41, 5.74) is 4.37. The molecule has 156 valence electrons. The number of carbonyl (C=O) groups excluding carboxylic acids is 2. The van der Waals surface area contributed by atoms with Gasteiger partial charge in [-0.3, -0.25) is 9.59 Å². The lowest BCUT2D eigenvalue weighted by molar-refractivity contribution is -0.142. The summed E-state index contributed by atoms with van der Waals surface area (Å²) in [6.07, 6.45) is 0. The van der Waals surface area contributed by atoms with Crippen LogP contribution in [0.2, 0.25) is 0 Å². The van der Waals surface area contributed by atoms with Crippen molar-refractivity contribution >= 4 is 11.8 Å². The molecule has 0 saturated heterocycles. The first-order valence-electron chi connectivity index (χ1n) is 10.0. The number of aryl methyl sites for hydroxylation is 3. The van der Waals surface area contributed by atoms with Crippen LogP contribution in [0.4, 0.5) is 0 Å². The molecule has 0 aromatic heterocycles. The fourth-order valence-electron chi connectivity index (χ4n) is 2.99. The van der Waals surface area contributed by atoms with Crippen LogP contribution in [0.5, 0.6) is 5.75 Å². The first kappa shape index (κ1) is 22.5. The van der Waals surface area contributed by atoms with E-state index >= 15 is 0 Å². The van der Waals surface area contributed by atoms with Gasteiger partial charge in [0.05, 0.1) is 0 Å². The van der Waals surface area contributed by atoms with Gasteiger partial charge in [0.1, 0.15) is 11.8 Å². The highest BCUT2D eigenvalue weighted by Gasteiger charge is 2.27. The third-order valence-electron chi connectivity index (χ3n) is 5.04. The third kappa shape index (κ3) is 6.34. The summed E-state index contributed by atoms with van der Waals surface area (Å²) < 4.78 is 5.74. The molecule has 1 N–H and O–H groups in total. The predicted molar refractivity (Wildman–Crippen MR) is 116 cm³/mol. The second-order valence-electron chi connectivity index (χ2n) is 7.82. The van der Waals surface area contributed by atoms with Gasteiger partial charge in [0.25, 0.3) is 5.91 Å².